The topological polar surface area (TPSA) is 65.0 Å². The molecule has 0 unspecified atom stereocenters. The summed E-state index contributed by atoms with van der Waals surface area (Å²) in [6.07, 6.45) is 1.54. The molecule has 1 aromatic carbocycles. The van der Waals surface area contributed by atoms with Crippen molar-refractivity contribution in [2.45, 2.75) is 19.8 Å². The quantitative estimate of drug-likeness (QED) is 0.844. The Kier molecular flexibility index (Phi) is 4.83. The molecule has 1 N–H and O–H groups in total. The zero-order chi connectivity index (χ0) is 13.7. The molecule has 0 amide bonds. The Hall–Kier alpha value is -1.91. The van der Waals surface area contributed by atoms with Crippen LogP contribution in [0.1, 0.15) is 29.3 Å². The van der Waals surface area contributed by atoms with Crippen LogP contribution in [0.5, 0.6) is 17.2 Å². The Bertz CT molecular complexity index is 439. The van der Waals surface area contributed by atoms with Gasteiger partial charge in [0.15, 0.2) is 0 Å². The number of rotatable bonds is 6. The molecule has 0 spiro atoms. The van der Waals surface area contributed by atoms with Crippen molar-refractivity contribution >= 4 is 5.97 Å². The van der Waals surface area contributed by atoms with Crippen molar-refractivity contribution < 1.29 is 24.1 Å². The summed E-state index contributed by atoms with van der Waals surface area (Å²) in [5.41, 5.74) is 0.782. The second-order valence-corrected chi connectivity index (χ2v) is 3.72. The third-order valence-electron chi connectivity index (χ3n) is 2.66. The molecule has 0 heterocycles. The summed E-state index contributed by atoms with van der Waals surface area (Å²) in [5, 5.41) is 9.26. The predicted octanol–water partition coefficient (Wildman–Crippen LogP) is 2.36. The maximum absolute atomic E-state index is 11.3. The molecule has 0 radical (unpaired) electrons. The van der Waals surface area contributed by atoms with Gasteiger partial charge in [0.05, 0.1) is 21.3 Å². The molecular formula is C13H18O5. The average Bonchev–Trinajstić information content (AvgIpc) is 2.37. The summed E-state index contributed by atoms with van der Waals surface area (Å²) < 4.78 is 15.6. The van der Waals surface area contributed by atoms with Crippen LogP contribution in [0, 0.1) is 0 Å². The molecule has 1 aromatic rings. The van der Waals surface area contributed by atoms with Crippen molar-refractivity contribution in [3.8, 4) is 17.2 Å². The van der Waals surface area contributed by atoms with Crippen LogP contribution in [-0.4, -0.2) is 32.4 Å². The van der Waals surface area contributed by atoms with Crippen LogP contribution in [0.3, 0.4) is 0 Å². The number of ether oxygens (including phenoxy) is 3. The summed E-state index contributed by atoms with van der Waals surface area (Å²) >= 11 is 0. The minimum atomic E-state index is -1.08. The molecule has 0 aromatic heterocycles. The van der Waals surface area contributed by atoms with Crippen LogP contribution >= 0.6 is 0 Å². The van der Waals surface area contributed by atoms with E-state index in [1.807, 2.05) is 6.92 Å². The molecule has 18 heavy (non-hydrogen) atoms. The smallest absolute Gasteiger partial charge is 0.343 e. The van der Waals surface area contributed by atoms with Crippen molar-refractivity contribution in [2.75, 3.05) is 21.3 Å². The number of benzene rings is 1. The Labute approximate surface area is 106 Å². The van der Waals surface area contributed by atoms with Gasteiger partial charge < -0.3 is 19.3 Å². The summed E-state index contributed by atoms with van der Waals surface area (Å²) in [4.78, 5) is 11.3. The van der Waals surface area contributed by atoms with Gasteiger partial charge in [-0.1, -0.05) is 13.3 Å². The van der Waals surface area contributed by atoms with Gasteiger partial charge in [0, 0.05) is 11.6 Å². The lowest BCUT2D eigenvalue weighted by atomic mass is 10.0. The maximum atomic E-state index is 11.3. The van der Waals surface area contributed by atoms with Gasteiger partial charge in [-0.3, -0.25) is 0 Å². The first-order valence-corrected chi connectivity index (χ1v) is 5.65. The summed E-state index contributed by atoms with van der Waals surface area (Å²) in [6.45, 7) is 2.00. The van der Waals surface area contributed by atoms with Crippen molar-refractivity contribution in [3.63, 3.8) is 0 Å². The third kappa shape index (κ3) is 2.50. The Morgan fingerprint density at radius 3 is 2.17 bits per heavy atom. The third-order valence-corrected chi connectivity index (χ3v) is 2.66. The molecule has 0 bridgehead atoms. The lowest BCUT2D eigenvalue weighted by molar-refractivity contribution is 0.0689. The molecule has 0 saturated heterocycles. The zero-order valence-electron chi connectivity index (χ0n) is 11.1. The van der Waals surface area contributed by atoms with Gasteiger partial charge >= 0.3 is 5.97 Å². The molecule has 0 atom stereocenters. The average molecular weight is 254 g/mol. The second-order valence-electron chi connectivity index (χ2n) is 3.72. The molecule has 100 valence electrons. The first kappa shape index (κ1) is 14.2. The van der Waals surface area contributed by atoms with Crippen LogP contribution in [0.4, 0.5) is 0 Å². The first-order valence-electron chi connectivity index (χ1n) is 5.65. The van der Waals surface area contributed by atoms with Gasteiger partial charge in [-0.25, -0.2) is 4.79 Å². The van der Waals surface area contributed by atoms with Crippen molar-refractivity contribution in [1.82, 2.24) is 0 Å². The largest absolute Gasteiger partial charge is 0.496 e. The van der Waals surface area contributed by atoms with E-state index in [-0.39, 0.29) is 11.3 Å². The van der Waals surface area contributed by atoms with Gasteiger partial charge in [-0.2, -0.15) is 0 Å². The Balaban J connectivity index is 3.58. The van der Waals surface area contributed by atoms with Gasteiger partial charge in [0.25, 0.3) is 0 Å². The summed E-state index contributed by atoms with van der Waals surface area (Å²) in [6, 6.07) is 1.58. The van der Waals surface area contributed by atoms with Gasteiger partial charge in [-0.15, -0.1) is 0 Å². The number of methoxy groups -OCH3 is 3. The van der Waals surface area contributed by atoms with Crippen molar-refractivity contribution in [3.05, 3.63) is 17.2 Å². The van der Waals surface area contributed by atoms with Crippen LogP contribution in [0.25, 0.3) is 0 Å². The highest BCUT2D eigenvalue weighted by Crippen LogP contribution is 2.39. The Morgan fingerprint density at radius 2 is 1.78 bits per heavy atom. The number of hydrogen-bond acceptors (Lipinski definition) is 4. The second kappa shape index (κ2) is 6.14. The lowest BCUT2D eigenvalue weighted by Gasteiger charge is -2.17. The number of hydrogen-bond donors (Lipinski definition) is 1. The molecule has 0 aliphatic rings. The SMILES string of the molecule is CCCc1c(OC)cc(OC)c(C(=O)O)c1OC. The van der Waals surface area contributed by atoms with E-state index in [2.05, 4.69) is 0 Å². The van der Waals surface area contributed by atoms with Gasteiger partial charge in [0.2, 0.25) is 0 Å². The minimum Gasteiger partial charge on any atom is -0.496 e. The highest BCUT2D eigenvalue weighted by Gasteiger charge is 2.24. The zero-order valence-corrected chi connectivity index (χ0v) is 11.1. The van der Waals surface area contributed by atoms with E-state index < -0.39 is 5.97 Å². The molecular weight excluding hydrogens is 236 g/mol. The maximum Gasteiger partial charge on any atom is 0.343 e. The fraction of sp³-hybridized carbons (Fsp3) is 0.462. The van der Waals surface area contributed by atoms with Crippen LogP contribution < -0.4 is 14.2 Å². The normalized spacial score (nSPS) is 10.0. The number of carbonyl (C=O) groups is 1. The van der Waals surface area contributed by atoms with E-state index in [4.69, 9.17) is 14.2 Å². The number of carboxylic acids is 1. The van der Waals surface area contributed by atoms with Gasteiger partial charge in [-0.05, 0) is 6.42 Å². The van der Waals surface area contributed by atoms with E-state index in [0.29, 0.717) is 17.9 Å². The fourth-order valence-electron chi connectivity index (χ4n) is 1.91. The van der Waals surface area contributed by atoms with Crippen molar-refractivity contribution in [1.29, 1.82) is 0 Å². The molecule has 5 nitrogen and oxygen atoms in total. The molecule has 0 fully saturated rings. The summed E-state index contributed by atoms with van der Waals surface area (Å²) in [7, 11) is 4.40. The van der Waals surface area contributed by atoms with Crippen LogP contribution in [0.2, 0.25) is 0 Å². The molecule has 1 rings (SSSR count). The van der Waals surface area contributed by atoms with Crippen LogP contribution in [-0.2, 0) is 6.42 Å². The van der Waals surface area contributed by atoms with Crippen molar-refractivity contribution in [2.24, 2.45) is 0 Å². The monoisotopic (exact) mass is 254 g/mol. The number of carboxylic acid groups (broad SMARTS) is 1. The standard InChI is InChI=1S/C13H18O5/c1-5-6-8-9(16-2)7-10(17-3)11(13(14)15)12(8)18-4/h7H,5-6H2,1-4H3,(H,14,15). The van der Waals surface area contributed by atoms with E-state index in [9.17, 15) is 9.90 Å². The highest BCUT2D eigenvalue weighted by molar-refractivity contribution is 5.95. The van der Waals surface area contributed by atoms with E-state index in [1.165, 1.54) is 21.3 Å². The first-order chi connectivity index (χ1) is 8.60. The Morgan fingerprint density at radius 1 is 1.17 bits per heavy atom. The van der Waals surface area contributed by atoms with E-state index in [0.717, 1.165) is 12.0 Å². The van der Waals surface area contributed by atoms with Gasteiger partial charge in [0.1, 0.15) is 22.8 Å². The number of aromatic carboxylic acids is 1. The highest BCUT2D eigenvalue weighted by atomic mass is 16.5. The molecule has 5 heteroatoms. The lowest BCUT2D eigenvalue weighted by Crippen LogP contribution is -2.08. The predicted molar refractivity (Wildman–Crippen MR) is 67.1 cm³/mol. The van der Waals surface area contributed by atoms with E-state index in [1.54, 1.807) is 6.07 Å². The fourth-order valence-corrected chi connectivity index (χ4v) is 1.91. The molecule has 0 aliphatic carbocycles. The minimum absolute atomic E-state index is 0.0317. The van der Waals surface area contributed by atoms with E-state index >= 15 is 0 Å². The summed E-state index contributed by atoms with van der Waals surface area (Å²) in [5.74, 6) is 0.0378. The molecule has 0 saturated carbocycles. The molecule has 0 aliphatic heterocycles. The van der Waals surface area contributed by atoms with Crippen LogP contribution in [0.15, 0.2) is 6.07 Å².